The number of carbonyl (C=O) groups excluding carboxylic acids is 3. The number of hydrogen-bond donors (Lipinski definition) is 2. The van der Waals surface area contributed by atoms with Gasteiger partial charge >= 0.3 is 0 Å². The maximum Gasteiger partial charge on any atom is 0.255 e. The van der Waals surface area contributed by atoms with Crippen LogP contribution in [0.15, 0.2) is 18.2 Å². The molecule has 30 heavy (non-hydrogen) atoms. The van der Waals surface area contributed by atoms with E-state index in [9.17, 15) is 14.4 Å². The van der Waals surface area contributed by atoms with E-state index in [1.165, 1.54) is 12.8 Å². The predicted octanol–water partition coefficient (Wildman–Crippen LogP) is 2.38. The van der Waals surface area contributed by atoms with Crippen molar-refractivity contribution in [2.75, 3.05) is 6.54 Å². The minimum absolute atomic E-state index is 0.150. The third kappa shape index (κ3) is 4.36. The molecule has 0 bridgehead atoms. The highest BCUT2D eigenvalue weighted by Crippen LogP contribution is 2.33. The first-order chi connectivity index (χ1) is 14.4. The van der Waals surface area contributed by atoms with Gasteiger partial charge in [0.2, 0.25) is 11.8 Å². The fourth-order valence-corrected chi connectivity index (χ4v) is 4.75. The molecule has 0 aromatic heterocycles. The summed E-state index contributed by atoms with van der Waals surface area (Å²) in [4.78, 5) is 38.0. The molecule has 3 amide bonds. The average molecular weight is 414 g/mol. The SMILES string of the molecule is CC(C)NCC1CCCC[C@@H]1Oc1ccc2c(c1)CN(C1CCC(=O)NC1=O)C2=O. The third-order valence-corrected chi connectivity index (χ3v) is 6.41. The van der Waals surface area contributed by atoms with Gasteiger partial charge in [0.1, 0.15) is 17.9 Å². The van der Waals surface area contributed by atoms with E-state index in [-0.39, 0.29) is 30.2 Å². The Bertz CT molecular complexity index is 838. The van der Waals surface area contributed by atoms with Crippen molar-refractivity contribution >= 4 is 17.7 Å². The molecule has 4 rings (SSSR count). The normalized spacial score (nSPS) is 26.7. The molecular weight excluding hydrogens is 382 g/mol. The first kappa shape index (κ1) is 20.8. The van der Waals surface area contributed by atoms with Crippen molar-refractivity contribution in [1.82, 2.24) is 15.5 Å². The first-order valence-corrected chi connectivity index (χ1v) is 11.1. The van der Waals surface area contributed by atoms with E-state index in [1.807, 2.05) is 18.2 Å². The Kier molecular flexibility index (Phi) is 6.09. The largest absolute Gasteiger partial charge is 0.490 e. The number of amides is 3. The van der Waals surface area contributed by atoms with Crippen LogP contribution in [-0.2, 0) is 16.1 Å². The lowest BCUT2D eigenvalue weighted by Gasteiger charge is -2.32. The molecule has 1 saturated carbocycles. The lowest BCUT2D eigenvalue weighted by atomic mass is 9.86. The van der Waals surface area contributed by atoms with Crippen LogP contribution in [0.2, 0.25) is 0 Å². The molecule has 0 spiro atoms. The second-order valence-corrected chi connectivity index (χ2v) is 8.98. The fraction of sp³-hybridized carbons (Fsp3) is 0.609. The van der Waals surface area contributed by atoms with Crippen LogP contribution in [0.3, 0.4) is 0 Å². The van der Waals surface area contributed by atoms with Gasteiger partial charge in [-0.25, -0.2) is 0 Å². The minimum atomic E-state index is -0.586. The van der Waals surface area contributed by atoms with Crippen molar-refractivity contribution in [1.29, 1.82) is 0 Å². The van der Waals surface area contributed by atoms with Gasteiger partial charge in [0.15, 0.2) is 0 Å². The Morgan fingerprint density at radius 3 is 2.73 bits per heavy atom. The van der Waals surface area contributed by atoms with Crippen LogP contribution in [0.5, 0.6) is 5.75 Å². The van der Waals surface area contributed by atoms with Crippen LogP contribution in [0.25, 0.3) is 0 Å². The lowest BCUT2D eigenvalue weighted by Crippen LogP contribution is -2.52. The van der Waals surface area contributed by atoms with Gasteiger partial charge in [-0.1, -0.05) is 20.3 Å². The summed E-state index contributed by atoms with van der Waals surface area (Å²) in [6, 6.07) is 5.49. The van der Waals surface area contributed by atoms with Gasteiger partial charge in [0, 0.05) is 37.0 Å². The number of benzene rings is 1. The van der Waals surface area contributed by atoms with Crippen LogP contribution < -0.4 is 15.4 Å². The molecule has 3 aliphatic rings. The van der Waals surface area contributed by atoms with Gasteiger partial charge in [-0.15, -0.1) is 0 Å². The number of ether oxygens (including phenoxy) is 1. The van der Waals surface area contributed by atoms with Crippen molar-refractivity contribution in [2.24, 2.45) is 5.92 Å². The Balaban J connectivity index is 1.44. The van der Waals surface area contributed by atoms with E-state index >= 15 is 0 Å². The Hall–Kier alpha value is -2.41. The van der Waals surface area contributed by atoms with Gasteiger partial charge in [0.25, 0.3) is 5.91 Å². The van der Waals surface area contributed by atoms with Crippen molar-refractivity contribution in [3.63, 3.8) is 0 Å². The number of nitrogens with one attached hydrogen (secondary N) is 2. The molecule has 2 N–H and O–H groups in total. The zero-order chi connectivity index (χ0) is 21.3. The van der Waals surface area contributed by atoms with Gasteiger partial charge in [-0.3, -0.25) is 19.7 Å². The minimum Gasteiger partial charge on any atom is -0.490 e. The van der Waals surface area contributed by atoms with Gasteiger partial charge in [-0.05, 0) is 49.4 Å². The standard InChI is InChI=1S/C23H31N3O4/c1-14(2)24-12-15-5-3-4-6-20(15)30-17-7-8-18-16(11-17)13-26(23(18)29)19-9-10-21(27)25-22(19)28/h7-8,11,14-15,19-20,24H,3-6,9-10,12-13H2,1-2H3,(H,25,27,28)/t15?,19?,20-/m0/s1. The molecule has 162 valence electrons. The van der Waals surface area contributed by atoms with Gasteiger partial charge < -0.3 is 15.0 Å². The molecule has 1 saturated heterocycles. The molecule has 7 heteroatoms. The third-order valence-electron chi connectivity index (χ3n) is 6.41. The van der Waals surface area contributed by atoms with E-state index < -0.39 is 6.04 Å². The molecule has 7 nitrogen and oxygen atoms in total. The Labute approximate surface area is 177 Å². The molecule has 1 aromatic rings. The molecule has 2 heterocycles. The van der Waals surface area contributed by atoms with Crippen LogP contribution >= 0.6 is 0 Å². The number of piperidine rings is 1. The molecule has 1 aliphatic carbocycles. The van der Waals surface area contributed by atoms with Crippen LogP contribution in [0.1, 0.15) is 68.3 Å². The summed E-state index contributed by atoms with van der Waals surface area (Å²) in [5.41, 5.74) is 1.50. The molecular formula is C23H31N3O4. The molecule has 2 unspecified atom stereocenters. The molecule has 2 aliphatic heterocycles. The Morgan fingerprint density at radius 2 is 1.97 bits per heavy atom. The van der Waals surface area contributed by atoms with Crippen molar-refractivity contribution in [3.8, 4) is 5.75 Å². The highest BCUT2D eigenvalue weighted by Gasteiger charge is 2.39. The maximum absolute atomic E-state index is 12.8. The quantitative estimate of drug-likeness (QED) is 0.699. The highest BCUT2D eigenvalue weighted by molar-refractivity contribution is 6.05. The first-order valence-electron chi connectivity index (χ1n) is 11.1. The van der Waals surface area contributed by atoms with E-state index in [1.54, 1.807) is 4.90 Å². The number of fused-ring (bicyclic) bond motifs is 1. The molecule has 2 fully saturated rings. The summed E-state index contributed by atoms with van der Waals surface area (Å²) in [5, 5.41) is 5.88. The summed E-state index contributed by atoms with van der Waals surface area (Å²) in [6.45, 7) is 5.64. The van der Waals surface area contributed by atoms with Gasteiger partial charge in [0.05, 0.1) is 0 Å². The fourth-order valence-electron chi connectivity index (χ4n) is 4.75. The van der Waals surface area contributed by atoms with Crippen LogP contribution in [0, 0.1) is 5.92 Å². The monoisotopic (exact) mass is 413 g/mol. The van der Waals surface area contributed by atoms with Gasteiger partial charge in [-0.2, -0.15) is 0 Å². The van der Waals surface area contributed by atoms with E-state index in [0.29, 0.717) is 30.5 Å². The topological polar surface area (TPSA) is 87.7 Å². The zero-order valence-electron chi connectivity index (χ0n) is 17.8. The summed E-state index contributed by atoms with van der Waals surface area (Å²) in [7, 11) is 0. The number of carbonyl (C=O) groups is 3. The number of nitrogens with zero attached hydrogens (tertiary/aromatic N) is 1. The summed E-state index contributed by atoms with van der Waals surface area (Å²) >= 11 is 0. The number of rotatable bonds is 6. The highest BCUT2D eigenvalue weighted by atomic mass is 16.5. The molecule has 3 atom stereocenters. The lowest BCUT2D eigenvalue weighted by molar-refractivity contribution is -0.136. The van der Waals surface area contributed by atoms with Crippen LogP contribution in [-0.4, -0.2) is 47.4 Å². The average Bonchev–Trinajstić information content (AvgIpc) is 3.03. The molecule has 0 radical (unpaired) electrons. The second kappa shape index (κ2) is 8.76. The van der Waals surface area contributed by atoms with E-state index in [0.717, 1.165) is 30.7 Å². The molecule has 1 aromatic carbocycles. The number of imide groups is 1. The van der Waals surface area contributed by atoms with Crippen molar-refractivity contribution in [2.45, 2.75) is 77.1 Å². The summed E-state index contributed by atoms with van der Waals surface area (Å²) in [5.74, 6) is 0.462. The predicted molar refractivity (Wildman–Crippen MR) is 112 cm³/mol. The van der Waals surface area contributed by atoms with Crippen molar-refractivity contribution in [3.05, 3.63) is 29.3 Å². The number of hydrogen-bond acceptors (Lipinski definition) is 5. The van der Waals surface area contributed by atoms with Crippen molar-refractivity contribution < 1.29 is 19.1 Å². The summed E-state index contributed by atoms with van der Waals surface area (Å²) < 4.78 is 6.38. The second-order valence-electron chi connectivity index (χ2n) is 8.98. The maximum atomic E-state index is 12.8. The van der Waals surface area contributed by atoms with Crippen LogP contribution in [0.4, 0.5) is 0 Å². The van der Waals surface area contributed by atoms with E-state index in [2.05, 4.69) is 24.5 Å². The smallest absolute Gasteiger partial charge is 0.255 e. The van der Waals surface area contributed by atoms with E-state index in [4.69, 9.17) is 4.74 Å². The zero-order valence-corrected chi connectivity index (χ0v) is 17.8. The summed E-state index contributed by atoms with van der Waals surface area (Å²) in [6.07, 6.45) is 5.43. The Morgan fingerprint density at radius 1 is 1.17 bits per heavy atom.